The molecule has 2 bridgehead atoms. The predicted octanol–water partition coefficient (Wildman–Crippen LogP) is 5.23. The molecule has 9 nitrogen and oxygen atoms in total. The molecule has 2 N–H and O–H groups in total. The Kier molecular flexibility index (Phi) is 7.60. The summed E-state index contributed by atoms with van der Waals surface area (Å²) in [5.41, 5.74) is 5.60. The number of nitriles is 1. The number of phenolic OH excluding ortho intramolecular Hbond substituents is 2. The second-order valence-electron chi connectivity index (χ2n) is 11.8. The first kappa shape index (κ1) is 29.7. The van der Waals surface area contributed by atoms with Crippen molar-refractivity contribution in [2.24, 2.45) is 0 Å². The maximum Gasteiger partial charge on any atom is 0.167 e. The van der Waals surface area contributed by atoms with E-state index in [1.807, 2.05) is 57.3 Å². The molecule has 3 aliphatic rings. The van der Waals surface area contributed by atoms with Gasteiger partial charge in [0.25, 0.3) is 0 Å². The molecule has 5 atom stereocenters. The number of likely N-dealkylation sites (N-methyl/N-ethyl adjacent to an activating group) is 1. The maximum atomic E-state index is 11.8. The molecule has 9 heteroatoms. The molecule has 0 amide bonds. The van der Waals surface area contributed by atoms with Gasteiger partial charge in [0.1, 0.15) is 17.5 Å². The molecule has 1 saturated heterocycles. The number of methoxy groups -OCH3 is 4. The molecule has 230 valence electrons. The van der Waals surface area contributed by atoms with E-state index < -0.39 is 12.1 Å². The lowest BCUT2D eigenvalue weighted by atomic mass is 9.71. The Labute approximate surface area is 258 Å². The van der Waals surface area contributed by atoms with E-state index in [-0.39, 0.29) is 29.6 Å². The van der Waals surface area contributed by atoms with E-state index in [0.29, 0.717) is 47.0 Å². The van der Waals surface area contributed by atoms with E-state index >= 15 is 0 Å². The second-order valence-corrected chi connectivity index (χ2v) is 11.8. The summed E-state index contributed by atoms with van der Waals surface area (Å²) in [6.07, 6.45) is 5.04. The van der Waals surface area contributed by atoms with Crippen molar-refractivity contribution in [3.05, 3.63) is 75.4 Å². The molecule has 0 aliphatic carbocycles. The minimum Gasteiger partial charge on any atom is -0.504 e. The zero-order chi connectivity index (χ0) is 31.4. The molecular weight excluding hydrogens is 558 g/mol. The smallest absolute Gasteiger partial charge is 0.167 e. The number of hydrogen-bond donors (Lipinski definition) is 2. The molecule has 3 aromatic carbocycles. The standard InChI is InChI=1S/C35H39N3O6/c1-18-32(41-4)21-16-25-29-28-22(33(42-5)19(2)35(44-7)31(28)40)15-24(37(29)3)26(17-36)38(25)23(27(21)30(39)34(18)43-6)14-13-20-11-9-8-10-12-20/h8-14,23-26,29,39-40H,15-16H2,1-7H3/b14-13+/t23?,24-,25-,26-,29-/m0/s1. The van der Waals surface area contributed by atoms with Crippen LogP contribution in [-0.4, -0.2) is 73.6 Å². The zero-order valence-corrected chi connectivity index (χ0v) is 26.2. The van der Waals surface area contributed by atoms with Gasteiger partial charge in [0, 0.05) is 45.5 Å². The molecule has 3 aliphatic heterocycles. The largest absolute Gasteiger partial charge is 0.504 e. The van der Waals surface area contributed by atoms with Crippen molar-refractivity contribution in [1.82, 2.24) is 9.80 Å². The quantitative estimate of drug-likeness (QED) is 0.395. The molecule has 0 aromatic heterocycles. The van der Waals surface area contributed by atoms with Crippen LogP contribution in [0.25, 0.3) is 6.08 Å². The van der Waals surface area contributed by atoms with Crippen molar-refractivity contribution in [3.8, 4) is 40.6 Å². The highest BCUT2D eigenvalue weighted by Crippen LogP contribution is 2.59. The minimum absolute atomic E-state index is 0.0462. The molecule has 6 rings (SSSR count). The lowest BCUT2D eigenvalue weighted by Gasteiger charge is -2.59. The summed E-state index contributed by atoms with van der Waals surface area (Å²) in [5.74, 6) is 2.20. The first-order chi connectivity index (χ1) is 21.2. The highest BCUT2D eigenvalue weighted by molar-refractivity contribution is 5.68. The summed E-state index contributed by atoms with van der Waals surface area (Å²) < 4.78 is 23.3. The van der Waals surface area contributed by atoms with Crippen LogP contribution in [0.15, 0.2) is 36.4 Å². The lowest BCUT2D eigenvalue weighted by molar-refractivity contribution is -0.0637. The van der Waals surface area contributed by atoms with Crippen LogP contribution in [0, 0.1) is 25.2 Å². The summed E-state index contributed by atoms with van der Waals surface area (Å²) in [4.78, 5) is 4.43. The Balaban J connectivity index is 1.65. The molecular formula is C35H39N3O6. The fourth-order valence-corrected chi connectivity index (χ4v) is 8.08. The van der Waals surface area contributed by atoms with Crippen LogP contribution < -0.4 is 18.9 Å². The number of rotatable bonds is 6. The van der Waals surface area contributed by atoms with Crippen molar-refractivity contribution in [2.45, 2.75) is 56.9 Å². The van der Waals surface area contributed by atoms with Crippen molar-refractivity contribution in [1.29, 1.82) is 5.26 Å². The Morgan fingerprint density at radius 3 is 1.86 bits per heavy atom. The van der Waals surface area contributed by atoms with Gasteiger partial charge in [-0.3, -0.25) is 9.80 Å². The molecule has 1 unspecified atom stereocenters. The monoisotopic (exact) mass is 597 g/mol. The number of aromatic hydroxyl groups is 2. The average Bonchev–Trinajstić information content (AvgIpc) is 3.01. The number of fused-ring (bicyclic) bond motifs is 7. The number of ether oxygens (including phenoxy) is 4. The van der Waals surface area contributed by atoms with Crippen LogP contribution in [-0.2, 0) is 12.8 Å². The average molecular weight is 598 g/mol. The Hall–Kier alpha value is -4.39. The summed E-state index contributed by atoms with van der Waals surface area (Å²) in [7, 11) is 8.37. The summed E-state index contributed by atoms with van der Waals surface area (Å²) in [6, 6.07) is 10.8. The van der Waals surface area contributed by atoms with Crippen LogP contribution in [0.1, 0.15) is 51.0 Å². The summed E-state index contributed by atoms with van der Waals surface area (Å²) in [6.45, 7) is 3.76. The topological polar surface area (TPSA) is 108 Å². The van der Waals surface area contributed by atoms with Crippen LogP contribution in [0.5, 0.6) is 34.5 Å². The van der Waals surface area contributed by atoms with Crippen LogP contribution in [0.2, 0.25) is 0 Å². The predicted molar refractivity (Wildman–Crippen MR) is 167 cm³/mol. The highest BCUT2D eigenvalue weighted by Gasteiger charge is 2.56. The Morgan fingerprint density at radius 2 is 1.32 bits per heavy atom. The van der Waals surface area contributed by atoms with Gasteiger partial charge < -0.3 is 29.2 Å². The number of phenols is 2. The van der Waals surface area contributed by atoms with Gasteiger partial charge in [0.2, 0.25) is 0 Å². The number of benzene rings is 3. The van der Waals surface area contributed by atoms with E-state index in [2.05, 4.69) is 21.9 Å². The third-order valence-corrected chi connectivity index (χ3v) is 9.85. The number of hydrogen-bond acceptors (Lipinski definition) is 9. The van der Waals surface area contributed by atoms with Gasteiger partial charge in [0.05, 0.1) is 46.6 Å². The van der Waals surface area contributed by atoms with Crippen LogP contribution in [0.3, 0.4) is 0 Å². The first-order valence-corrected chi connectivity index (χ1v) is 14.8. The van der Waals surface area contributed by atoms with E-state index in [0.717, 1.165) is 27.8 Å². The third-order valence-electron chi connectivity index (χ3n) is 9.85. The normalized spacial score (nSPS) is 24.2. The molecule has 0 spiro atoms. The van der Waals surface area contributed by atoms with E-state index in [9.17, 15) is 15.5 Å². The molecule has 1 fully saturated rings. The van der Waals surface area contributed by atoms with E-state index in [1.54, 1.807) is 21.3 Å². The van der Waals surface area contributed by atoms with Crippen molar-refractivity contribution in [3.63, 3.8) is 0 Å². The van der Waals surface area contributed by atoms with Gasteiger partial charge in [-0.2, -0.15) is 5.26 Å². The molecule has 44 heavy (non-hydrogen) atoms. The van der Waals surface area contributed by atoms with Crippen molar-refractivity contribution < 1.29 is 29.2 Å². The van der Waals surface area contributed by atoms with Gasteiger partial charge in [0.15, 0.2) is 23.0 Å². The summed E-state index contributed by atoms with van der Waals surface area (Å²) >= 11 is 0. The van der Waals surface area contributed by atoms with Crippen molar-refractivity contribution >= 4 is 6.08 Å². The highest BCUT2D eigenvalue weighted by atomic mass is 16.5. The molecule has 0 saturated carbocycles. The molecule has 0 radical (unpaired) electrons. The molecule has 3 aromatic rings. The second kappa shape index (κ2) is 11.3. The Bertz CT molecular complexity index is 1680. The fourth-order valence-electron chi connectivity index (χ4n) is 8.08. The van der Waals surface area contributed by atoms with E-state index in [1.165, 1.54) is 7.11 Å². The van der Waals surface area contributed by atoms with Crippen LogP contribution in [0.4, 0.5) is 0 Å². The third kappa shape index (κ3) is 4.12. The SMILES string of the molecule is COc1c(C)c(OC)c2c(c1O)C(/C=C/c1ccccc1)N1[C@@H](C#N)[C@@H]3Cc4c(OC)c(C)c(OC)c(O)c4[C@H]([C@@H]1C2)N3C. The fraction of sp³-hybridized carbons (Fsp3) is 0.400. The first-order valence-electron chi connectivity index (χ1n) is 14.8. The minimum atomic E-state index is -0.542. The van der Waals surface area contributed by atoms with E-state index in [4.69, 9.17) is 18.9 Å². The van der Waals surface area contributed by atoms with Crippen molar-refractivity contribution in [2.75, 3.05) is 35.5 Å². The summed E-state index contributed by atoms with van der Waals surface area (Å²) in [5, 5.41) is 34.4. The Morgan fingerprint density at radius 1 is 0.795 bits per heavy atom. The van der Waals surface area contributed by atoms with Gasteiger partial charge >= 0.3 is 0 Å². The van der Waals surface area contributed by atoms with Gasteiger partial charge in [-0.15, -0.1) is 0 Å². The number of piperazine rings is 1. The lowest BCUT2D eigenvalue weighted by Crippen LogP contribution is -2.67. The maximum absolute atomic E-state index is 11.8. The van der Waals surface area contributed by atoms with Gasteiger partial charge in [-0.25, -0.2) is 0 Å². The number of nitrogens with zero attached hydrogens (tertiary/aromatic N) is 3. The van der Waals surface area contributed by atoms with Gasteiger partial charge in [-0.1, -0.05) is 42.5 Å². The van der Waals surface area contributed by atoms with Crippen LogP contribution >= 0.6 is 0 Å². The van der Waals surface area contributed by atoms with Gasteiger partial charge in [-0.05, 0) is 39.3 Å². The zero-order valence-electron chi connectivity index (χ0n) is 26.2. The molecule has 3 heterocycles.